The van der Waals surface area contributed by atoms with Crippen LogP contribution < -0.4 is 0 Å². The van der Waals surface area contributed by atoms with Gasteiger partial charge in [-0.15, -0.1) is 0 Å². The Morgan fingerprint density at radius 2 is 1.67 bits per heavy atom. The Hall–Kier alpha value is -2.13. The van der Waals surface area contributed by atoms with Gasteiger partial charge in [-0.1, -0.05) is 48.0 Å². The number of esters is 1. The van der Waals surface area contributed by atoms with Gasteiger partial charge in [0.25, 0.3) is 0 Å². The monoisotopic (exact) mass is 324 g/mol. The molecule has 0 aromatic heterocycles. The average Bonchev–Trinajstić information content (AvgIpc) is 3.02. The van der Waals surface area contributed by atoms with Gasteiger partial charge in [-0.3, -0.25) is 0 Å². The number of quaternary nitrogens is 1. The van der Waals surface area contributed by atoms with Gasteiger partial charge >= 0.3 is 5.97 Å². The van der Waals surface area contributed by atoms with E-state index in [1.165, 1.54) is 12.8 Å². The fourth-order valence-corrected chi connectivity index (χ4v) is 3.45. The van der Waals surface area contributed by atoms with E-state index in [1.807, 2.05) is 49.4 Å². The van der Waals surface area contributed by atoms with Gasteiger partial charge in [0, 0.05) is 12.8 Å². The van der Waals surface area contributed by atoms with E-state index in [1.54, 1.807) is 0 Å². The lowest BCUT2D eigenvalue weighted by Gasteiger charge is -2.33. The predicted molar refractivity (Wildman–Crippen MR) is 95.8 cm³/mol. The first kappa shape index (κ1) is 16.7. The number of aryl methyl sites for hydroxylation is 1. The minimum atomic E-state index is -0.241. The van der Waals surface area contributed by atoms with Crippen LogP contribution in [0.1, 0.15) is 40.4 Å². The highest BCUT2D eigenvalue weighted by Gasteiger charge is 2.33. The number of hydrogen-bond donors (Lipinski definition) is 0. The van der Waals surface area contributed by atoms with Crippen LogP contribution in [0.5, 0.6) is 0 Å². The van der Waals surface area contributed by atoms with Crippen molar-refractivity contribution in [3.8, 4) is 0 Å². The summed E-state index contributed by atoms with van der Waals surface area (Å²) < 4.78 is 6.91. The third-order valence-corrected chi connectivity index (χ3v) is 4.96. The molecule has 0 spiro atoms. The van der Waals surface area contributed by atoms with Crippen LogP contribution in [-0.4, -0.2) is 37.1 Å². The van der Waals surface area contributed by atoms with Crippen molar-refractivity contribution in [1.29, 1.82) is 0 Å². The van der Waals surface area contributed by atoms with Gasteiger partial charge < -0.3 is 9.22 Å². The van der Waals surface area contributed by atoms with E-state index in [4.69, 9.17) is 4.74 Å². The summed E-state index contributed by atoms with van der Waals surface area (Å²) in [5.74, 6) is -0.241. The summed E-state index contributed by atoms with van der Waals surface area (Å²) >= 11 is 0. The van der Waals surface area contributed by atoms with Gasteiger partial charge in [0.2, 0.25) is 0 Å². The molecule has 1 aliphatic heterocycles. The number of likely N-dealkylation sites (tertiary alicyclic amines) is 1. The molecule has 0 amide bonds. The molecule has 0 N–H and O–H groups in total. The van der Waals surface area contributed by atoms with Gasteiger partial charge in [0.05, 0.1) is 25.7 Å². The highest BCUT2D eigenvalue weighted by Crippen LogP contribution is 2.26. The molecule has 0 radical (unpaired) electrons. The number of benzene rings is 2. The van der Waals surface area contributed by atoms with Crippen molar-refractivity contribution in [2.24, 2.45) is 0 Å². The lowest BCUT2D eigenvalue weighted by molar-refractivity contribution is -0.901. The Bertz CT molecular complexity index is 673. The van der Waals surface area contributed by atoms with Crippen molar-refractivity contribution >= 4 is 5.97 Å². The minimum Gasteiger partial charge on any atom is -0.448 e. The zero-order chi connectivity index (χ0) is 17.0. The van der Waals surface area contributed by atoms with E-state index in [0.29, 0.717) is 5.56 Å². The summed E-state index contributed by atoms with van der Waals surface area (Å²) in [5.41, 5.74) is 2.83. The second kappa shape index (κ2) is 7.18. The Morgan fingerprint density at radius 1 is 1.04 bits per heavy atom. The van der Waals surface area contributed by atoms with Crippen LogP contribution in [0.15, 0.2) is 54.6 Å². The van der Waals surface area contributed by atoms with Crippen LogP contribution in [-0.2, 0) is 4.74 Å². The molecule has 3 nitrogen and oxygen atoms in total. The molecule has 2 aromatic carbocycles. The standard InChI is InChI=1S/C21H26NO2/c1-17-10-12-19(13-11-17)21(23)24-20(18-8-4-3-5-9-18)16-22(2)14-6-7-15-22/h3-5,8-13,20H,6-7,14-16H2,1-2H3/q+1. The Morgan fingerprint density at radius 3 is 2.29 bits per heavy atom. The first-order valence-electron chi connectivity index (χ1n) is 8.72. The third-order valence-electron chi connectivity index (χ3n) is 4.96. The lowest BCUT2D eigenvalue weighted by atomic mass is 10.1. The SMILES string of the molecule is Cc1ccc(C(=O)OC(C[N+]2(C)CCCC2)c2ccccc2)cc1. The van der Waals surface area contributed by atoms with Crippen molar-refractivity contribution < 1.29 is 14.0 Å². The Labute approximate surface area is 144 Å². The highest BCUT2D eigenvalue weighted by atomic mass is 16.5. The Kier molecular flexibility index (Phi) is 5.00. The summed E-state index contributed by atoms with van der Waals surface area (Å²) in [6.07, 6.45) is 2.30. The summed E-state index contributed by atoms with van der Waals surface area (Å²) in [6.45, 7) is 5.17. The van der Waals surface area contributed by atoms with Gasteiger partial charge in [-0.05, 0) is 24.6 Å². The van der Waals surface area contributed by atoms with E-state index < -0.39 is 0 Å². The second-order valence-electron chi connectivity index (χ2n) is 7.13. The van der Waals surface area contributed by atoms with Crippen molar-refractivity contribution in [3.05, 3.63) is 71.3 Å². The molecule has 0 saturated carbocycles. The molecular formula is C21H26NO2+. The van der Waals surface area contributed by atoms with E-state index in [2.05, 4.69) is 19.2 Å². The highest BCUT2D eigenvalue weighted by molar-refractivity contribution is 5.89. The number of nitrogens with zero attached hydrogens (tertiary/aromatic N) is 1. The maximum absolute atomic E-state index is 12.6. The van der Waals surface area contributed by atoms with Crippen molar-refractivity contribution in [2.75, 3.05) is 26.7 Å². The van der Waals surface area contributed by atoms with Gasteiger partial charge in [0.15, 0.2) is 6.10 Å². The molecule has 126 valence electrons. The first-order chi connectivity index (χ1) is 11.6. The van der Waals surface area contributed by atoms with Gasteiger partial charge in [-0.2, -0.15) is 0 Å². The molecular weight excluding hydrogens is 298 g/mol. The number of rotatable bonds is 5. The average molecular weight is 324 g/mol. The number of carbonyl (C=O) groups is 1. The van der Waals surface area contributed by atoms with Crippen molar-refractivity contribution in [3.63, 3.8) is 0 Å². The van der Waals surface area contributed by atoms with Gasteiger partial charge in [0.1, 0.15) is 6.54 Å². The van der Waals surface area contributed by atoms with Crippen LogP contribution in [0.2, 0.25) is 0 Å². The van der Waals surface area contributed by atoms with Crippen LogP contribution in [0, 0.1) is 6.92 Å². The normalized spacial score (nSPS) is 17.4. The zero-order valence-electron chi connectivity index (χ0n) is 14.6. The smallest absolute Gasteiger partial charge is 0.338 e. The first-order valence-corrected chi connectivity index (χ1v) is 8.72. The Balaban J connectivity index is 1.79. The maximum atomic E-state index is 12.6. The van der Waals surface area contributed by atoms with Crippen LogP contribution in [0.4, 0.5) is 0 Å². The fourth-order valence-electron chi connectivity index (χ4n) is 3.45. The molecule has 24 heavy (non-hydrogen) atoms. The molecule has 1 fully saturated rings. The molecule has 1 aliphatic rings. The molecule has 1 unspecified atom stereocenters. The summed E-state index contributed by atoms with van der Waals surface area (Å²) in [4.78, 5) is 12.6. The maximum Gasteiger partial charge on any atom is 0.338 e. The molecule has 3 rings (SSSR count). The van der Waals surface area contributed by atoms with Crippen molar-refractivity contribution in [2.45, 2.75) is 25.9 Å². The third kappa shape index (κ3) is 4.04. The summed E-state index contributed by atoms with van der Waals surface area (Å²) in [7, 11) is 2.27. The lowest BCUT2D eigenvalue weighted by Crippen LogP contribution is -2.44. The number of carbonyl (C=O) groups excluding carboxylic acids is 1. The van der Waals surface area contributed by atoms with E-state index in [9.17, 15) is 4.79 Å². The number of hydrogen-bond acceptors (Lipinski definition) is 2. The number of ether oxygens (including phenoxy) is 1. The van der Waals surface area contributed by atoms with Crippen LogP contribution in [0.25, 0.3) is 0 Å². The minimum absolute atomic E-state index is 0.205. The second-order valence-corrected chi connectivity index (χ2v) is 7.13. The molecule has 1 saturated heterocycles. The van der Waals surface area contributed by atoms with E-state index in [0.717, 1.165) is 35.2 Å². The summed E-state index contributed by atoms with van der Waals surface area (Å²) in [6, 6.07) is 17.7. The molecule has 1 heterocycles. The quantitative estimate of drug-likeness (QED) is 0.610. The van der Waals surface area contributed by atoms with Crippen LogP contribution in [0.3, 0.4) is 0 Å². The van der Waals surface area contributed by atoms with E-state index >= 15 is 0 Å². The number of likely N-dealkylation sites (N-methyl/N-ethyl adjacent to an activating group) is 1. The predicted octanol–water partition coefficient (Wildman–Crippen LogP) is 4.13. The molecule has 1 atom stereocenters. The van der Waals surface area contributed by atoms with Crippen molar-refractivity contribution in [1.82, 2.24) is 0 Å². The van der Waals surface area contributed by atoms with Gasteiger partial charge in [-0.25, -0.2) is 4.79 Å². The molecule has 2 aromatic rings. The molecule has 0 aliphatic carbocycles. The molecule has 3 heteroatoms. The zero-order valence-corrected chi connectivity index (χ0v) is 14.6. The van der Waals surface area contributed by atoms with Crippen LogP contribution >= 0.6 is 0 Å². The summed E-state index contributed by atoms with van der Waals surface area (Å²) in [5, 5.41) is 0. The van der Waals surface area contributed by atoms with E-state index in [-0.39, 0.29) is 12.1 Å². The largest absolute Gasteiger partial charge is 0.448 e. The molecule has 0 bridgehead atoms. The topological polar surface area (TPSA) is 26.3 Å². The fraction of sp³-hybridized carbons (Fsp3) is 0.381.